The summed E-state index contributed by atoms with van der Waals surface area (Å²) in [5.41, 5.74) is 0.848. The van der Waals surface area contributed by atoms with Gasteiger partial charge in [-0.1, -0.05) is 30.3 Å². The molecule has 2 rings (SSSR count). The molecule has 1 heterocycles. The van der Waals surface area contributed by atoms with E-state index in [0.717, 1.165) is 5.56 Å². The average Bonchev–Trinajstić information content (AvgIpc) is 2.35. The van der Waals surface area contributed by atoms with Crippen LogP contribution in [0.3, 0.4) is 0 Å². The van der Waals surface area contributed by atoms with Gasteiger partial charge in [-0.05, 0) is 5.56 Å². The van der Waals surface area contributed by atoms with Crippen LogP contribution in [0.5, 0.6) is 0 Å². The summed E-state index contributed by atoms with van der Waals surface area (Å²) in [6.45, 7) is 0.122. The van der Waals surface area contributed by atoms with Crippen molar-refractivity contribution in [2.75, 3.05) is 0 Å². The molecule has 1 saturated heterocycles. The Balaban J connectivity index is 0.00000162. The minimum Gasteiger partial charge on any atom is -0.445 e. The fourth-order valence-electron chi connectivity index (χ4n) is 1.40. The van der Waals surface area contributed by atoms with Gasteiger partial charge in [0.25, 0.3) is 0 Å². The second-order valence-corrected chi connectivity index (χ2v) is 3.64. The number of aliphatic hydroxyl groups is 1. The van der Waals surface area contributed by atoms with E-state index in [9.17, 15) is 9.59 Å². The van der Waals surface area contributed by atoms with Crippen molar-refractivity contribution < 1.29 is 63.5 Å². The molecule has 2 unspecified atom stereocenters. The molecule has 1 fully saturated rings. The number of hydrogen-bond acceptors (Lipinski definition) is 4. The SMILES string of the molecule is O=C(NC1C(=O)NC1O)OCc1ccccc1.[Ac]. The number of β-lactam (4-membered cyclic amide) rings is 1. The third-order valence-electron chi connectivity index (χ3n) is 2.37. The molecule has 6 nitrogen and oxygen atoms in total. The molecule has 18 heavy (non-hydrogen) atoms. The first-order chi connectivity index (χ1) is 8.16. The molecule has 1 aliphatic rings. The number of rotatable bonds is 3. The standard InChI is InChI=1S/C11H12N2O4.Ac/c14-9-8(10(15)13-9)12-11(16)17-6-7-4-2-1-3-5-7;/h1-5,8-9,14H,6H2,(H,12,16)(H,13,15);. The summed E-state index contributed by atoms with van der Waals surface area (Å²) in [6.07, 6.45) is -1.76. The van der Waals surface area contributed by atoms with Crippen LogP contribution >= 0.6 is 0 Å². The van der Waals surface area contributed by atoms with Gasteiger partial charge in [0.1, 0.15) is 6.61 Å². The van der Waals surface area contributed by atoms with Gasteiger partial charge in [0.05, 0.1) is 0 Å². The van der Waals surface area contributed by atoms with E-state index in [1.165, 1.54) is 0 Å². The van der Waals surface area contributed by atoms with Crippen molar-refractivity contribution in [1.29, 1.82) is 0 Å². The van der Waals surface area contributed by atoms with Crippen molar-refractivity contribution in [2.45, 2.75) is 18.9 Å². The molecule has 0 spiro atoms. The van der Waals surface area contributed by atoms with Crippen LogP contribution in [0.15, 0.2) is 30.3 Å². The Bertz CT molecular complexity index is 426. The molecule has 1 radical (unpaired) electrons. The molecule has 7 heteroatoms. The van der Waals surface area contributed by atoms with Crippen LogP contribution in [0.4, 0.5) is 4.79 Å². The number of carbonyl (C=O) groups is 2. The average molecular weight is 463 g/mol. The van der Waals surface area contributed by atoms with E-state index in [0.29, 0.717) is 0 Å². The zero-order valence-corrected chi connectivity index (χ0v) is 14.2. The Hall–Kier alpha value is -0.638. The summed E-state index contributed by atoms with van der Waals surface area (Å²) in [5, 5.41) is 13.6. The second-order valence-electron chi connectivity index (χ2n) is 3.64. The maximum Gasteiger partial charge on any atom is 0.408 e. The van der Waals surface area contributed by atoms with Crippen molar-refractivity contribution in [2.24, 2.45) is 0 Å². The van der Waals surface area contributed by atoms with E-state index in [1.54, 1.807) is 0 Å². The normalized spacial score (nSPS) is 21.1. The minimum absolute atomic E-state index is 0. The third-order valence-corrected chi connectivity index (χ3v) is 2.37. The van der Waals surface area contributed by atoms with E-state index < -0.39 is 24.3 Å². The number of carbonyl (C=O) groups excluding carboxylic acids is 2. The Morgan fingerprint density at radius 1 is 1.39 bits per heavy atom. The van der Waals surface area contributed by atoms with Crippen LogP contribution < -0.4 is 10.6 Å². The van der Waals surface area contributed by atoms with E-state index in [1.807, 2.05) is 30.3 Å². The molecule has 1 aromatic rings. The molecular formula is C11H12AcN2O4. The number of benzene rings is 1. The van der Waals surface area contributed by atoms with Gasteiger partial charge in [0.15, 0.2) is 12.3 Å². The Kier molecular flexibility index (Phi) is 6.06. The Morgan fingerprint density at radius 3 is 2.61 bits per heavy atom. The van der Waals surface area contributed by atoms with Gasteiger partial charge in [-0.15, -0.1) is 0 Å². The van der Waals surface area contributed by atoms with Crippen LogP contribution in [0.2, 0.25) is 0 Å². The van der Waals surface area contributed by atoms with Crippen molar-refractivity contribution in [3.05, 3.63) is 35.9 Å². The first-order valence-corrected chi connectivity index (χ1v) is 5.12. The summed E-state index contributed by atoms with van der Waals surface area (Å²) in [6, 6.07) is 8.24. The van der Waals surface area contributed by atoms with Crippen LogP contribution in [0, 0.1) is 44.1 Å². The molecule has 0 bridgehead atoms. The number of alkyl carbamates (subject to hydrolysis) is 1. The monoisotopic (exact) mass is 463 g/mol. The van der Waals surface area contributed by atoms with E-state index in [-0.39, 0.29) is 50.7 Å². The molecule has 0 aromatic heterocycles. The number of aliphatic hydroxyl groups excluding tert-OH is 1. The van der Waals surface area contributed by atoms with Gasteiger partial charge in [-0.25, -0.2) is 4.79 Å². The third kappa shape index (κ3) is 3.94. The van der Waals surface area contributed by atoms with Crippen molar-refractivity contribution in [3.8, 4) is 0 Å². The summed E-state index contributed by atoms with van der Waals surface area (Å²) >= 11 is 0. The maximum absolute atomic E-state index is 11.3. The molecule has 2 atom stereocenters. The van der Waals surface area contributed by atoms with E-state index in [4.69, 9.17) is 9.84 Å². The molecule has 93 valence electrons. The quantitative estimate of drug-likeness (QED) is 0.539. The fourth-order valence-corrected chi connectivity index (χ4v) is 1.40. The number of nitrogens with one attached hydrogen (secondary N) is 2. The van der Waals surface area contributed by atoms with Crippen molar-refractivity contribution in [3.63, 3.8) is 0 Å². The van der Waals surface area contributed by atoms with E-state index >= 15 is 0 Å². The van der Waals surface area contributed by atoms with Gasteiger partial charge in [-0.3, -0.25) is 4.79 Å². The van der Waals surface area contributed by atoms with Crippen molar-refractivity contribution >= 4 is 12.0 Å². The Labute approximate surface area is 140 Å². The molecule has 0 aliphatic carbocycles. The second kappa shape index (κ2) is 7.07. The first kappa shape index (κ1) is 15.4. The van der Waals surface area contributed by atoms with Crippen LogP contribution in [-0.4, -0.2) is 29.4 Å². The summed E-state index contributed by atoms with van der Waals surface area (Å²) in [4.78, 5) is 22.2. The summed E-state index contributed by atoms with van der Waals surface area (Å²) in [5.74, 6) is -0.422. The zero-order chi connectivity index (χ0) is 12.3. The number of amides is 2. The molecule has 1 aromatic carbocycles. The maximum atomic E-state index is 11.3. The molecule has 3 N–H and O–H groups in total. The predicted molar refractivity (Wildman–Crippen MR) is 57.7 cm³/mol. The first-order valence-electron chi connectivity index (χ1n) is 5.12. The number of ether oxygens (including phenoxy) is 1. The number of hydrogen-bond donors (Lipinski definition) is 3. The fraction of sp³-hybridized carbons (Fsp3) is 0.273. The molecular weight excluding hydrogens is 451 g/mol. The zero-order valence-electron chi connectivity index (χ0n) is 9.50. The smallest absolute Gasteiger partial charge is 0.408 e. The summed E-state index contributed by atoms with van der Waals surface area (Å²) < 4.78 is 4.89. The van der Waals surface area contributed by atoms with Gasteiger partial charge in [0.2, 0.25) is 5.91 Å². The minimum atomic E-state index is -1.04. The van der Waals surface area contributed by atoms with Gasteiger partial charge in [-0.2, -0.15) is 0 Å². The van der Waals surface area contributed by atoms with Crippen LogP contribution in [0.25, 0.3) is 0 Å². The van der Waals surface area contributed by atoms with Crippen molar-refractivity contribution in [1.82, 2.24) is 10.6 Å². The van der Waals surface area contributed by atoms with Gasteiger partial charge >= 0.3 is 6.09 Å². The summed E-state index contributed by atoms with van der Waals surface area (Å²) in [7, 11) is 0. The van der Waals surface area contributed by atoms with Gasteiger partial charge < -0.3 is 20.5 Å². The van der Waals surface area contributed by atoms with E-state index in [2.05, 4.69) is 10.6 Å². The Morgan fingerprint density at radius 2 is 2.06 bits per heavy atom. The topological polar surface area (TPSA) is 87.7 Å². The van der Waals surface area contributed by atoms with Gasteiger partial charge in [0, 0.05) is 44.1 Å². The van der Waals surface area contributed by atoms with Crippen LogP contribution in [0.1, 0.15) is 5.56 Å². The predicted octanol–water partition coefficient (Wildman–Crippen LogP) is -0.270. The van der Waals surface area contributed by atoms with Crippen LogP contribution in [-0.2, 0) is 16.1 Å². The largest absolute Gasteiger partial charge is 0.445 e. The molecule has 1 aliphatic heterocycles. The molecule has 2 amide bonds. The molecule has 0 saturated carbocycles.